The van der Waals surface area contributed by atoms with Crippen LogP contribution in [0.2, 0.25) is 0 Å². The van der Waals surface area contributed by atoms with Gasteiger partial charge in [-0.2, -0.15) is 0 Å². The number of methoxy groups -OCH3 is 1. The van der Waals surface area contributed by atoms with E-state index in [1.165, 1.54) is 0 Å². The van der Waals surface area contributed by atoms with Crippen LogP contribution in [0.25, 0.3) is 5.69 Å². The van der Waals surface area contributed by atoms with Crippen LogP contribution < -0.4 is 4.74 Å². The van der Waals surface area contributed by atoms with Gasteiger partial charge in [-0.15, -0.1) is 0 Å². The highest BCUT2D eigenvalue weighted by molar-refractivity contribution is 9.10. The molecule has 0 radical (unpaired) electrons. The fraction of sp³-hybridized carbons (Fsp3) is 0.100. The maximum Gasteiger partial charge on any atom is 0.124 e. The number of benzene rings is 1. The molecule has 2 rings (SSSR count). The molecule has 4 heteroatoms. The molecule has 0 fully saturated rings. The summed E-state index contributed by atoms with van der Waals surface area (Å²) in [7, 11) is 1.66. The Kier molecular flexibility index (Phi) is 2.54. The topological polar surface area (TPSA) is 27.1 Å². The number of aromatic nitrogens is 2. The highest BCUT2D eigenvalue weighted by Gasteiger charge is 1.98. The second kappa shape index (κ2) is 3.84. The molecule has 0 spiro atoms. The fourth-order valence-electron chi connectivity index (χ4n) is 1.19. The Morgan fingerprint density at radius 2 is 2.00 bits per heavy atom. The van der Waals surface area contributed by atoms with Gasteiger partial charge in [-0.3, -0.25) is 0 Å². The molecule has 1 aromatic carbocycles. The second-order valence-electron chi connectivity index (χ2n) is 2.80. The molecule has 0 aliphatic carbocycles. The monoisotopic (exact) mass is 252 g/mol. The molecule has 72 valence electrons. The molecule has 0 saturated heterocycles. The molecular weight excluding hydrogens is 244 g/mol. The van der Waals surface area contributed by atoms with Crippen LogP contribution in [-0.2, 0) is 0 Å². The summed E-state index contributed by atoms with van der Waals surface area (Å²) in [6, 6.07) is 7.80. The minimum absolute atomic E-state index is 0.827. The Morgan fingerprint density at radius 3 is 2.50 bits per heavy atom. The number of imidazole rings is 1. The van der Waals surface area contributed by atoms with E-state index >= 15 is 0 Å². The molecule has 0 unspecified atom stereocenters. The molecule has 0 atom stereocenters. The zero-order chi connectivity index (χ0) is 9.97. The number of halogens is 1. The number of hydrogen-bond acceptors (Lipinski definition) is 2. The summed E-state index contributed by atoms with van der Waals surface area (Å²) in [6.45, 7) is 0. The summed E-state index contributed by atoms with van der Waals surface area (Å²) in [5.41, 5.74) is 1.06. The van der Waals surface area contributed by atoms with Crippen molar-refractivity contribution in [3.05, 3.63) is 41.4 Å². The second-order valence-corrected chi connectivity index (χ2v) is 3.61. The van der Waals surface area contributed by atoms with Crippen LogP contribution in [0, 0.1) is 0 Å². The van der Waals surface area contributed by atoms with Crippen LogP contribution >= 0.6 is 15.9 Å². The Hall–Kier alpha value is -1.29. The van der Waals surface area contributed by atoms with E-state index in [0.717, 1.165) is 16.0 Å². The molecule has 0 aliphatic heterocycles. The van der Waals surface area contributed by atoms with Crippen molar-refractivity contribution < 1.29 is 4.74 Å². The van der Waals surface area contributed by atoms with Crippen molar-refractivity contribution >= 4 is 15.9 Å². The van der Waals surface area contributed by atoms with Crippen molar-refractivity contribution in [2.45, 2.75) is 0 Å². The molecule has 1 heterocycles. The van der Waals surface area contributed by atoms with Gasteiger partial charge in [0, 0.05) is 11.9 Å². The predicted octanol–water partition coefficient (Wildman–Crippen LogP) is 2.64. The lowest BCUT2D eigenvalue weighted by Crippen LogP contribution is -1.89. The summed E-state index contributed by atoms with van der Waals surface area (Å²) in [6.07, 6.45) is 3.66. The molecule has 0 saturated carbocycles. The van der Waals surface area contributed by atoms with E-state index < -0.39 is 0 Å². The zero-order valence-electron chi connectivity index (χ0n) is 7.64. The molecule has 2 aromatic rings. The predicted molar refractivity (Wildman–Crippen MR) is 57.8 cm³/mol. The van der Waals surface area contributed by atoms with E-state index in [1.54, 1.807) is 13.4 Å². The number of nitrogens with zero attached hydrogens (tertiary/aromatic N) is 2. The van der Waals surface area contributed by atoms with Crippen LogP contribution in [0.1, 0.15) is 0 Å². The number of ether oxygens (including phenoxy) is 1. The van der Waals surface area contributed by atoms with Gasteiger partial charge in [-0.05, 0) is 40.2 Å². The van der Waals surface area contributed by atoms with E-state index in [0.29, 0.717) is 0 Å². The lowest BCUT2D eigenvalue weighted by Gasteiger charge is -2.03. The van der Waals surface area contributed by atoms with Gasteiger partial charge in [0.05, 0.1) is 7.11 Å². The van der Waals surface area contributed by atoms with Crippen molar-refractivity contribution in [2.24, 2.45) is 0 Å². The van der Waals surface area contributed by atoms with Crippen molar-refractivity contribution in [1.29, 1.82) is 0 Å². The average Bonchev–Trinajstić information content (AvgIpc) is 2.65. The zero-order valence-corrected chi connectivity index (χ0v) is 9.23. The van der Waals surface area contributed by atoms with Gasteiger partial charge >= 0.3 is 0 Å². The molecule has 0 aliphatic rings. The largest absolute Gasteiger partial charge is 0.497 e. The summed E-state index contributed by atoms with van der Waals surface area (Å²) >= 11 is 3.30. The summed E-state index contributed by atoms with van der Waals surface area (Å²) in [5, 5.41) is 0. The SMILES string of the molecule is COc1ccc(-n2cnc(Br)c2)cc1. The van der Waals surface area contributed by atoms with E-state index in [1.807, 2.05) is 35.0 Å². The molecule has 0 bridgehead atoms. The molecule has 0 amide bonds. The standard InChI is InChI=1S/C10H9BrN2O/c1-14-9-4-2-8(3-5-9)13-6-10(11)12-7-13/h2-7H,1H3. The molecule has 14 heavy (non-hydrogen) atoms. The Balaban J connectivity index is 2.33. The third kappa shape index (κ3) is 1.80. The Bertz CT molecular complexity index is 422. The van der Waals surface area contributed by atoms with Gasteiger partial charge in [0.25, 0.3) is 0 Å². The smallest absolute Gasteiger partial charge is 0.124 e. The molecule has 1 aromatic heterocycles. The van der Waals surface area contributed by atoms with E-state index in [2.05, 4.69) is 20.9 Å². The quantitative estimate of drug-likeness (QED) is 0.822. The van der Waals surface area contributed by atoms with Crippen LogP contribution in [0.15, 0.2) is 41.4 Å². The van der Waals surface area contributed by atoms with Gasteiger partial charge in [-0.1, -0.05) is 0 Å². The Morgan fingerprint density at radius 1 is 1.29 bits per heavy atom. The maximum absolute atomic E-state index is 5.08. The lowest BCUT2D eigenvalue weighted by molar-refractivity contribution is 0.415. The summed E-state index contributed by atoms with van der Waals surface area (Å²) in [5.74, 6) is 0.855. The van der Waals surface area contributed by atoms with E-state index in [-0.39, 0.29) is 0 Å². The molecule has 0 N–H and O–H groups in total. The third-order valence-electron chi connectivity index (χ3n) is 1.92. The minimum Gasteiger partial charge on any atom is -0.497 e. The van der Waals surface area contributed by atoms with Gasteiger partial charge in [-0.25, -0.2) is 4.98 Å². The van der Waals surface area contributed by atoms with Crippen LogP contribution in [0.3, 0.4) is 0 Å². The van der Waals surface area contributed by atoms with Crippen molar-refractivity contribution in [3.63, 3.8) is 0 Å². The van der Waals surface area contributed by atoms with Crippen LogP contribution in [0.5, 0.6) is 5.75 Å². The summed E-state index contributed by atoms with van der Waals surface area (Å²) < 4.78 is 7.84. The van der Waals surface area contributed by atoms with E-state index in [9.17, 15) is 0 Å². The Labute approximate surface area is 90.5 Å². The normalized spacial score (nSPS) is 10.1. The van der Waals surface area contributed by atoms with Crippen molar-refractivity contribution in [1.82, 2.24) is 9.55 Å². The average molecular weight is 253 g/mol. The third-order valence-corrected chi connectivity index (χ3v) is 2.33. The summed E-state index contributed by atoms with van der Waals surface area (Å²) in [4.78, 5) is 4.08. The first-order chi connectivity index (χ1) is 6.79. The van der Waals surface area contributed by atoms with Gasteiger partial charge in [0.2, 0.25) is 0 Å². The highest BCUT2D eigenvalue weighted by atomic mass is 79.9. The first kappa shape index (κ1) is 9.27. The van der Waals surface area contributed by atoms with Gasteiger partial charge in [0.1, 0.15) is 16.7 Å². The first-order valence-electron chi connectivity index (χ1n) is 4.13. The first-order valence-corrected chi connectivity index (χ1v) is 4.93. The van der Waals surface area contributed by atoms with Crippen molar-refractivity contribution in [2.75, 3.05) is 7.11 Å². The molecular formula is C10H9BrN2O. The van der Waals surface area contributed by atoms with Crippen LogP contribution in [-0.4, -0.2) is 16.7 Å². The highest BCUT2D eigenvalue weighted by Crippen LogP contribution is 2.16. The number of hydrogen-bond donors (Lipinski definition) is 0. The van der Waals surface area contributed by atoms with Crippen LogP contribution in [0.4, 0.5) is 0 Å². The van der Waals surface area contributed by atoms with Gasteiger partial charge < -0.3 is 9.30 Å². The van der Waals surface area contributed by atoms with Crippen molar-refractivity contribution in [3.8, 4) is 11.4 Å². The van der Waals surface area contributed by atoms with E-state index in [4.69, 9.17) is 4.74 Å². The maximum atomic E-state index is 5.08. The van der Waals surface area contributed by atoms with Gasteiger partial charge in [0.15, 0.2) is 0 Å². The number of rotatable bonds is 2. The lowest BCUT2D eigenvalue weighted by atomic mass is 10.3. The molecule has 3 nitrogen and oxygen atoms in total. The minimum atomic E-state index is 0.827. The fourth-order valence-corrected chi connectivity index (χ4v) is 1.51.